The van der Waals surface area contributed by atoms with Crippen LogP contribution in [-0.2, 0) is 27.9 Å². The molecule has 0 aliphatic heterocycles. The van der Waals surface area contributed by atoms with Crippen LogP contribution in [0.5, 0.6) is 0 Å². The standard InChI is InChI=1S/C29H35N7O7S.CH4/c1-17-11-18(2)26(19(3)12-17)44(42,43)34-23(28(39)40)15-32-27(38)22-16-35(9-4-7-30)24-13-20(5-6-21(24)25(22)37)14-33-29-31-8-10-36(29)41;/h5-6,8,10-13,16,23,34,41H,4,7,9,14-15,30H2,1-3H3,(H,31,33)(H,32,38)(H,39,40);1H4. The number of rotatable bonds is 13. The lowest BCUT2D eigenvalue weighted by atomic mass is 10.1. The first-order valence-corrected chi connectivity index (χ1v) is 15.2. The predicted molar refractivity (Wildman–Crippen MR) is 170 cm³/mol. The third-order valence-electron chi connectivity index (χ3n) is 7.00. The number of carboxylic acid groups (broad SMARTS) is 1. The van der Waals surface area contributed by atoms with Gasteiger partial charge in [0.1, 0.15) is 11.6 Å². The molecule has 0 aliphatic carbocycles. The number of hydrogen-bond donors (Lipinski definition) is 6. The van der Waals surface area contributed by atoms with Gasteiger partial charge in [-0.15, -0.1) is 0 Å². The molecular formula is C30H39N7O7S. The molecule has 4 rings (SSSR count). The Morgan fingerprint density at radius 3 is 2.40 bits per heavy atom. The number of benzene rings is 2. The number of imidazole rings is 1. The van der Waals surface area contributed by atoms with Crippen LogP contribution in [0, 0.1) is 20.8 Å². The number of anilines is 1. The van der Waals surface area contributed by atoms with Crippen molar-refractivity contribution in [2.45, 2.75) is 58.6 Å². The number of carbonyl (C=O) groups is 2. The lowest BCUT2D eigenvalue weighted by Crippen LogP contribution is -2.49. The van der Waals surface area contributed by atoms with Gasteiger partial charge in [0.15, 0.2) is 0 Å². The summed E-state index contributed by atoms with van der Waals surface area (Å²) < 4.78 is 31.0. The number of sulfonamides is 1. The van der Waals surface area contributed by atoms with Crippen LogP contribution in [0.4, 0.5) is 5.95 Å². The molecule has 0 fully saturated rings. The molecule has 0 radical (unpaired) electrons. The fourth-order valence-electron chi connectivity index (χ4n) is 5.07. The maximum atomic E-state index is 13.4. The Kier molecular flexibility index (Phi) is 11.1. The molecule has 1 unspecified atom stereocenters. The Labute approximate surface area is 260 Å². The number of hydrogen-bond acceptors (Lipinski definition) is 9. The molecule has 45 heavy (non-hydrogen) atoms. The van der Waals surface area contributed by atoms with Crippen molar-refractivity contribution in [3.05, 3.63) is 87.0 Å². The highest BCUT2D eigenvalue weighted by Gasteiger charge is 2.29. The summed E-state index contributed by atoms with van der Waals surface area (Å²) in [5.41, 5.74) is 7.99. The Hall–Kier alpha value is -4.73. The zero-order valence-corrected chi connectivity index (χ0v) is 25.3. The molecular weight excluding hydrogens is 602 g/mol. The summed E-state index contributed by atoms with van der Waals surface area (Å²) in [7, 11) is -4.26. The Bertz CT molecular complexity index is 1860. The number of aromatic nitrogens is 3. The van der Waals surface area contributed by atoms with E-state index in [1.807, 2.05) is 6.92 Å². The van der Waals surface area contributed by atoms with E-state index in [-0.39, 0.29) is 35.8 Å². The number of nitrogens with two attached hydrogens (primary N) is 1. The molecule has 0 aliphatic rings. The number of amides is 1. The van der Waals surface area contributed by atoms with Crippen LogP contribution in [-0.4, -0.2) is 64.0 Å². The number of carboxylic acids is 1. The molecule has 2 aromatic heterocycles. The molecule has 2 heterocycles. The van der Waals surface area contributed by atoms with Crippen LogP contribution >= 0.6 is 0 Å². The summed E-state index contributed by atoms with van der Waals surface area (Å²) in [6.45, 7) is 5.48. The Morgan fingerprint density at radius 2 is 1.80 bits per heavy atom. The highest BCUT2D eigenvalue weighted by Crippen LogP contribution is 2.22. The maximum Gasteiger partial charge on any atom is 0.323 e. The van der Waals surface area contributed by atoms with Crippen molar-refractivity contribution in [1.82, 2.24) is 24.3 Å². The van der Waals surface area contributed by atoms with Gasteiger partial charge in [-0.25, -0.2) is 13.4 Å². The summed E-state index contributed by atoms with van der Waals surface area (Å²) in [6, 6.07) is 6.71. The number of aliphatic carboxylic acids is 1. The van der Waals surface area contributed by atoms with Crippen molar-refractivity contribution < 1.29 is 28.3 Å². The molecule has 15 heteroatoms. The molecule has 0 saturated heterocycles. The van der Waals surface area contributed by atoms with Gasteiger partial charge in [0.2, 0.25) is 21.4 Å². The van der Waals surface area contributed by atoms with Crippen molar-refractivity contribution in [3.63, 3.8) is 0 Å². The third-order valence-corrected chi connectivity index (χ3v) is 8.78. The Balaban J connectivity index is 0.00000552. The Morgan fingerprint density at radius 1 is 1.11 bits per heavy atom. The van der Waals surface area contributed by atoms with Crippen molar-refractivity contribution in [1.29, 1.82) is 0 Å². The maximum absolute atomic E-state index is 13.4. The topological polar surface area (TPSA) is 211 Å². The summed E-state index contributed by atoms with van der Waals surface area (Å²) >= 11 is 0. The van der Waals surface area contributed by atoms with Crippen molar-refractivity contribution in [3.8, 4) is 0 Å². The largest absolute Gasteiger partial charge is 0.480 e. The van der Waals surface area contributed by atoms with Crippen LogP contribution in [0.15, 0.2) is 58.6 Å². The number of nitrogens with one attached hydrogen (secondary N) is 3. The average molecular weight is 642 g/mol. The molecule has 242 valence electrons. The van der Waals surface area contributed by atoms with Gasteiger partial charge in [-0.1, -0.05) is 31.2 Å². The lowest BCUT2D eigenvalue weighted by molar-refractivity contribution is -0.138. The second-order valence-corrected chi connectivity index (χ2v) is 12.1. The number of pyridine rings is 1. The van der Waals surface area contributed by atoms with E-state index in [0.717, 1.165) is 15.9 Å². The SMILES string of the molecule is C.Cc1cc(C)c(S(=O)(=O)NC(CNC(=O)c2cn(CCCN)c3cc(CNc4nccn4O)ccc3c2=O)C(=O)O)c(C)c1. The molecule has 0 bridgehead atoms. The van der Waals surface area contributed by atoms with Gasteiger partial charge < -0.3 is 31.2 Å². The third kappa shape index (κ3) is 7.87. The van der Waals surface area contributed by atoms with E-state index < -0.39 is 39.9 Å². The van der Waals surface area contributed by atoms with Gasteiger partial charge in [0, 0.05) is 31.2 Å². The van der Waals surface area contributed by atoms with E-state index in [2.05, 4.69) is 20.3 Å². The molecule has 7 N–H and O–H groups in total. The smallest absolute Gasteiger partial charge is 0.323 e. The fourth-order valence-corrected chi connectivity index (χ4v) is 6.71. The van der Waals surface area contributed by atoms with Gasteiger partial charge in [-0.2, -0.15) is 9.45 Å². The molecule has 14 nitrogen and oxygen atoms in total. The first-order chi connectivity index (χ1) is 20.8. The predicted octanol–water partition coefficient (Wildman–Crippen LogP) is 2.12. The zero-order chi connectivity index (χ0) is 32.2. The van der Waals surface area contributed by atoms with E-state index >= 15 is 0 Å². The van der Waals surface area contributed by atoms with Gasteiger partial charge in [-0.3, -0.25) is 14.4 Å². The first-order valence-electron chi connectivity index (χ1n) is 13.8. The number of fused-ring (bicyclic) bond motifs is 1. The molecule has 4 aromatic rings. The molecule has 1 atom stereocenters. The number of carbonyl (C=O) groups excluding carboxylic acids is 1. The monoisotopic (exact) mass is 641 g/mol. The zero-order valence-electron chi connectivity index (χ0n) is 24.5. The average Bonchev–Trinajstić information content (AvgIpc) is 3.37. The van der Waals surface area contributed by atoms with E-state index in [1.54, 1.807) is 48.7 Å². The summed E-state index contributed by atoms with van der Waals surface area (Å²) in [5.74, 6) is -2.12. The van der Waals surface area contributed by atoms with Crippen LogP contribution in [0.25, 0.3) is 10.9 Å². The fraction of sp³-hybridized carbons (Fsp3) is 0.333. The minimum atomic E-state index is -4.26. The van der Waals surface area contributed by atoms with Crippen molar-refractivity contribution >= 4 is 38.8 Å². The highest BCUT2D eigenvalue weighted by atomic mass is 32.2. The summed E-state index contributed by atoms with van der Waals surface area (Å²) in [5, 5.41) is 25.1. The van der Waals surface area contributed by atoms with Gasteiger partial charge in [0.25, 0.3) is 5.91 Å². The molecule has 2 aromatic carbocycles. The normalized spacial score (nSPS) is 12.0. The summed E-state index contributed by atoms with van der Waals surface area (Å²) in [4.78, 5) is 42.6. The van der Waals surface area contributed by atoms with Gasteiger partial charge in [0.05, 0.1) is 22.8 Å². The second kappa shape index (κ2) is 14.4. The second-order valence-electron chi connectivity index (χ2n) is 10.5. The van der Waals surface area contributed by atoms with E-state index in [9.17, 15) is 33.1 Å². The lowest BCUT2D eigenvalue weighted by Gasteiger charge is -2.19. The quantitative estimate of drug-likeness (QED) is 0.117. The van der Waals surface area contributed by atoms with Crippen LogP contribution < -0.4 is 26.5 Å². The number of nitrogens with zero attached hydrogens (tertiary/aromatic N) is 3. The van der Waals surface area contributed by atoms with E-state index in [4.69, 9.17) is 5.73 Å². The minimum Gasteiger partial charge on any atom is -0.480 e. The van der Waals surface area contributed by atoms with Gasteiger partial charge in [-0.05, 0) is 62.6 Å². The summed E-state index contributed by atoms with van der Waals surface area (Å²) in [6.07, 6.45) is 4.73. The van der Waals surface area contributed by atoms with Crippen LogP contribution in [0.2, 0.25) is 0 Å². The molecule has 0 saturated carbocycles. The molecule has 0 spiro atoms. The van der Waals surface area contributed by atoms with Crippen LogP contribution in [0.1, 0.15) is 46.5 Å². The first kappa shape index (κ1) is 34.8. The van der Waals surface area contributed by atoms with Crippen LogP contribution in [0.3, 0.4) is 0 Å². The van der Waals surface area contributed by atoms with Gasteiger partial charge >= 0.3 is 5.97 Å². The highest BCUT2D eigenvalue weighted by molar-refractivity contribution is 7.89. The van der Waals surface area contributed by atoms with E-state index in [0.29, 0.717) is 36.2 Å². The van der Waals surface area contributed by atoms with Crippen molar-refractivity contribution in [2.24, 2.45) is 5.73 Å². The number of aryl methyl sites for hydroxylation is 4. The van der Waals surface area contributed by atoms with E-state index in [1.165, 1.54) is 18.6 Å². The van der Waals surface area contributed by atoms with Crippen molar-refractivity contribution in [2.75, 3.05) is 18.4 Å². The molecule has 1 amide bonds. The minimum absolute atomic E-state index is 0.